The molecule has 1 aromatic heterocycles. The molecule has 8 nitrogen and oxygen atoms in total. The predicted molar refractivity (Wildman–Crippen MR) is 118 cm³/mol. The summed E-state index contributed by atoms with van der Waals surface area (Å²) in [6.45, 7) is 9.14. The van der Waals surface area contributed by atoms with Gasteiger partial charge in [0.05, 0.1) is 0 Å². The topological polar surface area (TPSA) is 108 Å². The van der Waals surface area contributed by atoms with Gasteiger partial charge in [-0.15, -0.1) is 0 Å². The molecule has 0 radical (unpaired) electrons. The SMILES string of the molecule is Cc1ccc(C(N)=O)cc1Nc1nc(N[C@@H]2CCNC2)cc(N(C)CC(C)C)n1. The molecule has 29 heavy (non-hydrogen) atoms. The van der Waals surface area contributed by atoms with E-state index in [0.29, 0.717) is 23.5 Å². The number of hydrogen-bond donors (Lipinski definition) is 4. The first-order valence-electron chi connectivity index (χ1n) is 10.1. The molecule has 0 saturated carbocycles. The number of aryl methyl sites for hydroxylation is 1. The summed E-state index contributed by atoms with van der Waals surface area (Å²) in [6, 6.07) is 7.65. The van der Waals surface area contributed by atoms with Crippen LogP contribution in [0.15, 0.2) is 24.3 Å². The van der Waals surface area contributed by atoms with Gasteiger partial charge in [-0.25, -0.2) is 0 Å². The standard InChI is InChI=1S/C21H31N7O/c1-13(2)12-28(4)19-10-18(24-16-7-8-23-11-16)26-21(27-19)25-17-9-15(20(22)29)6-5-14(17)3/h5-6,9-10,13,16,23H,7-8,11-12H2,1-4H3,(H2,22,29)(H2,24,25,26,27)/t16-/m1/s1. The number of hydrogen-bond acceptors (Lipinski definition) is 7. The van der Waals surface area contributed by atoms with Crippen LogP contribution in [0.1, 0.15) is 36.2 Å². The lowest BCUT2D eigenvalue weighted by Gasteiger charge is -2.22. The summed E-state index contributed by atoms with van der Waals surface area (Å²) in [5.74, 6) is 2.15. The minimum atomic E-state index is -0.463. The van der Waals surface area contributed by atoms with Crippen molar-refractivity contribution >= 4 is 29.2 Å². The van der Waals surface area contributed by atoms with Crippen LogP contribution in [-0.2, 0) is 0 Å². The second kappa shape index (κ2) is 9.09. The highest BCUT2D eigenvalue weighted by Gasteiger charge is 2.17. The number of rotatable bonds is 8. The van der Waals surface area contributed by atoms with Crippen LogP contribution in [0.25, 0.3) is 0 Å². The van der Waals surface area contributed by atoms with E-state index in [1.165, 1.54) is 0 Å². The Kier molecular flexibility index (Phi) is 6.53. The van der Waals surface area contributed by atoms with E-state index in [0.717, 1.165) is 48.9 Å². The van der Waals surface area contributed by atoms with Gasteiger partial charge in [-0.1, -0.05) is 19.9 Å². The third kappa shape index (κ3) is 5.57. The van der Waals surface area contributed by atoms with Gasteiger partial charge in [-0.3, -0.25) is 4.79 Å². The van der Waals surface area contributed by atoms with Crippen LogP contribution in [0.2, 0.25) is 0 Å². The molecule has 2 aromatic rings. The molecule has 0 unspecified atom stereocenters. The molecule has 0 aliphatic carbocycles. The zero-order valence-electron chi connectivity index (χ0n) is 17.6. The number of nitrogens with two attached hydrogens (primary N) is 1. The average Bonchev–Trinajstić information content (AvgIpc) is 3.15. The van der Waals surface area contributed by atoms with E-state index in [4.69, 9.17) is 10.7 Å². The van der Waals surface area contributed by atoms with Gasteiger partial charge in [0.25, 0.3) is 0 Å². The van der Waals surface area contributed by atoms with Crippen LogP contribution >= 0.6 is 0 Å². The number of aromatic nitrogens is 2. The zero-order chi connectivity index (χ0) is 21.0. The highest BCUT2D eigenvalue weighted by Crippen LogP contribution is 2.24. The molecule has 1 atom stereocenters. The molecule has 1 aliphatic rings. The molecule has 156 valence electrons. The third-order valence-corrected chi connectivity index (χ3v) is 4.92. The second-order valence-corrected chi connectivity index (χ2v) is 8.06. The van der Waals surface area contributed by atoms with Crippen molar-refractivity contribution in [3.05, 3.63) is 35.4 Å². The van der Waals surface area contributed by atoms with Crippen molar-refractivity contribution in [2.45, 2.75) is 33.2 Å². The summed E-state index contributed by atoms with van der Waals surface area (Å²) >= 11 is 0. The maximum Gasteiger partial charge on any atom is 0.248 e. The van der Waals surface area contributed by atoms with Crippen molar-refractivity contribution < 1.29 is 4.79 Å². The Labute approximate surface area is 172 Å². The van der Waals surface area contributed by atoms with Gasteiger partial charge in [0.1, 0.15) is 11.6 Å². The first-order valence-corrected chi connectivity index (χ1v) is 10.1. The number of nitrogens with one attached hydrogen (secondary N) is 3. The smallest absolute Gasteiger partial charge is 0.248 e. The molecule has 0 bridgehead atoms. The highest BCUT2D eigenvalue weighted by molar-refractivity contribution is 5.94. The molecule has 0 spiro atoms. The number of primary amides is 1. The Morgan fingerprint density at radius 2 is 2.14 bits per heavy atom. The summed E-state index contributed by atoms with van der Waals surface area (Å²) in [4.78, 5) is 23.0. The molecular weight excluding hydrogens is 366 g/mol. The molecule has 8 heteroatoms. The Bertz CT molecular complexity index is 862. The fourth-order valence-corrected chi connectivity index (χ4v) is 3.42. The molecule has 1 saturated heterocycles. The number of anilines is 4. The van der Waals surface area contributed by atoms with E-state index in [-0.39, 0.29) is 0 Å². The van der Waals surface area contributed by atoms with Crippen molar-refractivity contribution in [3.63, 3.8) is 0 Å². The van der Waals surface area contributed by atoms with E-state index in [2.05, 4.69) is 39.7 Å². The van der Waals surface area contributed by atoms with E-state index < -0.39 is 5.91 Å². The van der Waals surface area contributed by atoms with Gasteiger partial charge in [0.15, 0.2) is 0 Å². The first-order chi connectivity index (χ1) is 13.8. The maximum absolute atomic E-state index is 11.6. The predicted octanol–water partition coefficient (Wildman–Crippen LogP) is 2.49. The van der Waals surface area contributed by atoms with E-state index in [1.54, 1.807) is 12.1 Å². The fourth-order valence-electron chi connectivity index (χ4n) is 3.42. The first kappa shape index (κ1) is 20.9. The summed E-state index contributed by atoms with van der Waals surface area (Å²) in [5, 5.41) is 10.1. The Balaban J connectivity index is 1.91. The number of amides is 1. The number of carbonyl (C=O) groups excluding carboxylic acids is 1. The van der Waals surface area contributed by atoms with Gasteiger partial charge in [-0.05, 0) is 43.5 Å². The number of carbonyl (C=O) groups is 1. The minimum absolute atomic E-state index is 0.348. The molecule has 5 N–H and O–H groups in total. The summed E-state index contributed by atoms with van der Waals surface area (Å²) < 4.78 is 0. The Morgan fingerprint density at radius 3 is 2.79 bits per heavy atom. The van der Waals surface area contributed by atoms with Crippen molar-refractivity contribution in [2.24, 2.45) is 11.7 Å². The molecule has 1 aliphatic heterocycles. The van der Waals surface area contributed by atoms with Crippen LogP contribution in [0, 0.1) is 12.8 Å². The largest absolute Gasteiger partial charge is 0.366 e. The van der Waals surface area contributed by atoms with E-state index in [9.17, 15) is 4.79 Å². The summed E-state index contributed by atoms with van der Waals surface area (Å²) in [7, 11) is 2.03. The van der Waals surface area contributed by atoms with Crippen LogP contribution < -0.4 is 26.6 Å². The second-order valence-electron chi connectivity index (χ2n) is 8.06. The quantitative estimate of drug-likeness (QED) is 0.542. The monoisotopic (exact) mass is 397 g/mol. The van der Waals surface area contributed by atoms with Crippen LogP contribution in [-0.4, -0.2) is 48.6 Å². The molecule has 1 amide bonds. The molecular formula is C21H31N7O. The zero-order valence-corrected chi connectivity index (χ0v) is 17.6. The number of nitrogens with zero attached hydrogens (tertiary/aromatic N) is 3. The van der Waals surface area contributed by atoms with Gasteiger partial charge >= 0.3 is 0 Å². The summed E-state index contributed by atoms with van der Waals surface area (Å²) in [5.41, 5.74) is 7.62. The average molecular weight is 398 g/mol. The molecule has 1 aromatic carbocycles. The Morgan fingerprint density at radius 1 is 1.34 bits per heavy atom. The van der Waals surface area contributed by atoms with Crippen LogP contribution in [0.4, 0.5) is 23.3 Å². The van der Waals surface area contributed by atoms with Crippen molar-refractivity contribution in [2.75, 3.05) is 42.2 Å². The molecule has 1 fully saturated rings. The van der Waals surface area contributed by atoms with Crippen molar-refractivity contribution in [1.82, 2.24) is 15.3 Å². The normalized spacial score (nSPS) is 16.1. The van der Waals surface area contributed by atoms with Crippen molar-refractivity contribution in [1.29, 1.82) is 0 Å². The van der Waals surface area contributed by atoms with Gasteiger partial charge < -0.3 is 26.6 Å². The third-order valence-electron chi connectivity index (χ3n) is 4.92. The minimum Gasteiger partial charge on any atom is -0.366 e. The lowest BCUT2D eigenvalue weighted by Crippen LogP contribution is -2.26. The lowest BCUT2D eigenvalue weighted by atomic mass is 10.1. The van der Waals surface area contributed by atoms with E-state index >= 15 is 0 Å². The highest BCUT2D eigenvalue weighted by atomic mass is 16.1. The lowest BCUT2D eigenvalue weighted by molar-refractivity contribution is 0.100. The van der Waals surface area contributed by atoms with E-state index in [1.807, 2.05) is 26.1 Å². The Hall–Kier alpha value is -2.87. The van der Waals surface area contributed by atoms with Gasteiger partial charge in [-0.2, -0.15) is 9.97 Å². The fraction of sp³-hybridized carbons (Fsp3) is 0.476. The van der Waals surface area contributed by atoms with Gasteiger partial charge in [0, 0.05) is 43.5 Å². The molecule has 3 rings (SSSR count). The van der Waals surface area contributed by atoms with Gasteiger partial charge in [0.2, 0.25) is 11.9 Å². The molecule has 2 heterocycles. The van der Waals surface area contributed by atoms with Crippen molar-refractivity contribution in [3.8, 4) is 0 Å². The van der Waals surface area contributed by atoms with Crippen LogP contribution in [0.5, 0.6) is 0 Å². The summed E-state index contributed by atoms with van der Waals surface area (Å²) in [6.07, 6.45) is 1.06. The van der Waals surface area contributed by atoms with Crippen LogP contribution in [0.3, 0.4) is 0 Å². The number of benzene rings is 1. The maximum atomic E-state index is 11.6.